The number of carbonyl (C=O) groups excluding carboxylic acids is 1. The third kappa shape index (κ3) is 2.50. The second-order valence-corrected chi connectivity index (χ2v) is 6.05. The lowest BCUT2D eigenvalue weighted by molar-refractivity contribution is -0.122. The van der Waals surface area contributed by atoms with Crippen molar-refractivity contribution in [2.24, 2.45) is 11.0 Å². The van der Waals surface area contributed by atoms with E-state index in [0.29, 0.717) is 0 Å². The molecule has 0 atom stereocenters. The second kappa shape index (κ2) is 5.54. The normalized spacial score (nSPS) is 14.8. The highest BCUT2D eigenvalue weighted by molar-refractivity contribution is 6.09. The van der Waals surface area contributed by atoms with E-state index in [1.807, 2.05) is 6.07 Å². The maximum Gasteiger partial charge on any atom is 0.243 e. The fraction of sp³-hybridized carbons (Fsp3) is 0.263. The Bertz CT molecular complexity index is 919. The zero-order chi connectivity index (χ0) is 15.8. The maximum absolute atomic E-state index is 11.6. The fourth-order valence-corrected chi connectivity index (χ4v) is 3.10. The zero-order valence-electron chi connectivity index (χ0n) is 13.1. The highest BCUT2D eigenvalue weighted by atomic mass is 16.2. The van der Waals surface area contributed by atoms with E-state index in [-0.39, 0.29) is 11.8 Å². The number of amides is 1. The molecule has 1 aliphatic rings. The van der Waals surface area contributed by atoms with Gasteiger partial charge in [0.2, 0.25) is 5.91 Å². The molecule has 0 unspecified atom stereocenters. The molecule has 0 aliphatic heterocycles. The average Bonchev–Trinajstić information content (AvgIpc) is 3.38. The minimum Gasteiger partial charge on any atom is -0.341 e. The van der Waals surface area contributed by atoms with Crippen LogP contribution in [0.2, 0.25) is 0 Å². The van der Waals surface area contributed by atoms with Crippen LogP contribution in [0.5, 0.6) is 0 Å². The van der Waals surface area contributed by atoms with Gasteiger partial charge in [-0.05, 0) is 43.5 Å². The Balaban J connectivity index is 1.71. The van der Waals surface area contributed by atoms with Crippen molar-refractivity contribution in [2.45, 2.75) is 26.3 Å². The van der Waals surface area contributed by atoms with Gasteiger partial charge in [-0.2, -0.15) is 5.10 Å². The first kappa shape index (κ1) is 14.0. The first-order valence-corrected chi connectivity index (χ1v) is 8.12. The van der Waals surface area contributed by atoms with E-state index in [1.165, 1.54) is 21.8 Å². The summed E-state index contributed by atoms with van der Waals surface area (Å²) >= 11 is 0. The Hall–Kier alpha value is -2.62. The Morgan fingerprint density at radius 3 is 2.78 bits per heavy atom. The van der Waals surface area contributed by atoms with Crippen molar-refractivity contribution < 1.29 is 4.79 Å². The van der Waals surface area contributed by atoms with Crippen LogP contribution in [-0.2, 0) is 11.3 Å². The molecule has 1 fully saturated rings. The average molecular weight is 305 g/mol. The third-order valence-electron chi connectivity index (χ3n) is 4.45. The molecule has 0 spiro atoms. The van der Waals surface area contributed by atoms with Crippen molar-refractivity contribution in [3.63, 3.8) is 0 Å². The van der Waals surface area contributed by atoms with Crippen molar-refractivity contribution in [1.82, 2.24) is 9.99 Å². The van der Waals surface area contributed by atoms with Gasteiger partial charge in [0.15, 0.2) is 0 Å². The number of rotatable bonds is 4. The molecular weight excluding hydrogens is 286 g/mol. The Labute approximate surface area is 134 Å². The van der Waals surface area contributed by atoms with Gasteiger partial charge < -0.3 is 4.57 Å². The topological polar surface area (TPSA) is 46.4 Å². The summed E-state index contributed by atoms with van der Waals surface area (Å²) in [6, 6.07) is 14.8. The molecule has 2 aromatic carbocycles. The van der Waals surface area contributed by atoms with Crippen molar-refractivity contribution in [2.75, 3.05) is 0 Å². The Morgan fingerprint density at radius 2 is 2.00 bits per heavy atom. The smallest absolute Gasteiger partial charge is 0.243 e. The van der Waals surface area contributed by atoms with Gasteiger partial charge in [-0.15, -0.1) is 0 Å². The number of hydrogen-bond acceptors (Lipinski definition) is 2. The minimum absolute atomic E-state index is 0.0323. The molecule has 116 valence electrons. The molecule has 4 nitrogen and oxygen atoms in total. The van der Waals surface area contributed by atoms with E-state index in [2.05, 4.69) is 58.4 Å². The number of hydrogen-bond donors (Lipinski definition) is 1. The van der Waals surface area contributed by atoms with Gasteiger partial charge in [-0.3, -0.25) is 4.79 Å². The third-order valence-corrected chi connectivity index (χ3v) is 4.45. The van der Waals surface area contributed by atoms with E-state index in [9.17, 15) is 4.79 Å². The lowest BCUT2D eigenvalue weighted by Gasteiger charge is -2.02. The standard InChI is InChI=1S/C19H19N3O/c1-2-22-17-6-4-3-5-15(17)16-11-13(7-10-18(16)22)12-20-21-19(23)14-8-9-14/h3-7,10-12,14H,2,8-9H2,1H3,(H,21,23)/b20-12+. The van der Waals surface area contributed by atoms with Crippen LogP contribution in [-0.4, -0.2) is 16.7 Å². The highest BCUT2D eigenvalue weighted by Gasteiger charge is 2.29. The molecule has 0 bridgehead atoms. The molecule has 4 rings (SSSR count). The van der Waals surface area contributed by atoms with Gasteiger partial charge in [-0.25, -0.2) is 5.43 Å². The van der Waals surface area contributed by atoms with Crippen LogP contribution in [0, 0.1) is 5.92 Å². The quantitative estimate of drug-likeness (QED) is 0.580. The molecule has 1 heterocycles. The van der Waals surface area contributed by atoms with Crippen LogP contribution >= 0.6 is 0 Å². The van der Waals surface area contributed by atoms with Crippen molar-refractivity contribution in [3.05, 3.63) is 48.0 Å². The van der Waals surface area contributed by atoms with E-state index >= 15 is 0 Å². The number of carbonyl (C=O) groups is 1. The highest BCUT2D eigenvalue weighted by Crippen LogP contribution is 2.30. The lowest BCUT2D eigenvalue weighted by Crippen LogP contribution is -2.18. The predicted molar refractivity (Wildman–Crippen MR) is 93.6 cm³/mol. The van der Waals surface area contributed by atoms with Gasteiger partial charge in [-0.1, -0.05) is 24.3 Å². The first-order valence-electron chi connectivity index (χ1n) is 8.12. The Morgan fingerprint density at radius 1 is 1.22 bits per heavy atom. The first-order chi connectivity index (χ1) is 11.3. The summed E-state index contributed by atoms with van der Waals surface area (Å²) in [4.78, 5) is 11.6. The molecule has 1 amide bonds. The minimum atomic E-state index is 0.0323. The number of fused-ring (bicyclic) bond motifs is 3. The number of aryl methyl sites for hydroxylation is 1. The van der Waals surface area contributed by atoms with E-state index < -0.39 is 0 Å². The van der Waals surface area contributed by atoms with E-state index in [1.54, 1.807) is 6.21 Å². The van der Waals surface area contributed by atoms with Gasteiger partial charge in [0.1, 0.15) is 0 Å². The summed E-state index contributed by atoms with van der Waals surface area (Å²) in [5.74, 6) is 0.210. The maximum atomic E-state index is 11.6. The van der Waals surface area contributed by atoms with Crippen LogP contribution in [0.4, 0.5) is 0 Å². The molecule has 4 heteroatoms. The van der Waals surface area contributed by atoms with Gasteiger partial charge >= 0.3 is 0 Å². The zero-order valence-corrected chi connectivity index (χ0v) is 13.1. The van der Waals surface area contributed by atoms with Crippen molar-refractivity contribution in [3.8, 4) is 0 Å². The molecule has 1 aromatic heterocycles. The summed E-state index contributed by atoms with van der Waals surface area (Å²) in [5.41, 5.74) is 6.09. The SMILES string of the molecule is CCn1c2ccccc2c2cc(/C=N/NC(=O)C3CC3)ccc21. The van der Waals surface area contributed by atoms with Gasteiger partial charge in [0.05, 0.1) is 6.21 Å². The fourth-order valence-electron chi connectivity index (χ4n) is 3.10. The molecule has 3 aromatic rings. The largest absolute Gasteiger partial charge is 0.341 e. The van der Waals surface area contributed by atoms with Crippen molar-refractivity contribution in [1.29, 1.82) is 0 Å². The molecule has 1 N–H and O–H groups in total. The number of benzene rings is 2. The monoisotopic (exact) mass is 305 g/mol. The van der Waals surface area contributed by atoms with Crippen LogP contribution in [0.15, 0.2) is 47.6 Å². The van der Waals surface area contributed by atoms with Crippen LogP contribution in [0.25, 0.3) is 21.8 Å². The van der Waals surface area contributed by atoms with Crippen LogP contribution in [0.3, 0.4) is 0 Å². The number of aromatic nitrogens is 1. The van der Waals surface area contributed by atoms with Crippen LogP contribution in [0.1, 0.15) is 25.3 Å². The lowest BCUT2D eigenvalue weighted by atomic mass is 10.1. The summed E-state index contributed by atoms with van der Waals surface area (Å²) in [7, 11) is 0. The number of hydrazone groups is 1. The number of nitrogens with one attached hydrogen (secondary N) is 1. The van der Waals surface area contributed by atoms with E-state index in [4.69, 9.17) is 0 Å². The number of nitrogens with zero attached hydrogens (tertiary/aromatic N) is 2. The second-order valence-electron chi connectivity index (χ2n) is 6.05. The summed E-state index contributed by atoms with van der Waals surface area (Å²) in [6.07, 6.45) is 3.70. The molecule has 0 saturated heterocycles. The summed E-state index contributed by atoms with van der Waals surface area (Å²) < 4.78 is 2.32. The summed E-state index contributed by atoms with van der Waals surface area (Å²) in [5, 5.41) is 6.56. The summed E-state index contributed by atoms with van der Waals surface area (Å²) in [6.45, 7) is 3.10. The van der Waals surface area contributed by atoms with Crippen molar-refractivity contribution >= 4 is 33.9 Å². The van der Waals surface area contributed by atoms with Gasteiger partial charge in [0.25, 0.3) is 0 Å². The Kier molecular flexibility index (Phi) is 3.37. The number of para-hydroxylation sites is 1. The molecular formula is C19H19N3O. The van der Waals surface area contributed by atoms with Gasteiger partial charge in [0, 0.05) is 34.3 Å². The molecule has 1 saturated carbocycles. The molecule has 1 aliphatic carbocycles. The molecule has 23 heavy (non-hydrogen) atoms. The van der Waals surface area contributed by atoms with E-state index in [0.717, 1.165) is 24.9 Å². The van der Waals surface area contributed by atoms with Crippen LogP contribution < -0.4 is 5.43 Å². The predicted octanol–water partition coefficient (Wildman–Crippen LogP) is 3.67. The molecule has 0 radical (unpaired) electrons.